The molecule has 0 spiro atoms. The van der Waals surface area contributed by atoms with Crippen LogP contribution in [-0.2, 0) is 11.3 Å². The van der Waals surface area contributed by atoms with Crippen LogP contribution in [0.25, 0.3) is 0 Å². The van der Waals surface area contributed by atoms with Crippen LogP contribution < -0.4 is 10.6 Å². The maximum atomic E-state index is 12.2. The van der Waals surface area contributed by atoms with Crippen LogP contribution in [0.2, 0.25) is 0 Å². The largest absolute Gasteiger partial charge is 0.467 e. The van der Waals surface area contributed by atoms with Crippen molar-refractivity contribution in [1.29, 1.82) is 0 Å². The number of carbonyl (C=O) groups is 1. The Bertz CT molecular complexity index is 893. The van der Waals surface area contributed by atoms with Crippen molar-refractivity contribution in [2.24, 2.45) is 0 Å². The Morgan fingerprint density at radius 1 is 1.26 bits per heavy atom. The van der Waals surface area contributed by atoms with E-state index in [9.17, 15) is 4.79 Å². The second-order valence-electron chi connectivity index (χ2n) is 6.23. The van der Waals surface area contributed by atoms with Crippen LogP contribution in [-0.4, -0.2) is 21.9 Å². The molecule has 0 saturated heterocycles. The van der Waals surface area contributed by atoms with Crippen molar-refractivity contribution in [1.82, 2.24) is 15.5 Å². The number of benzene rings is 1. The zero-order valence-corrected chi connectivity index (χ0v) is 17.1. The molecule has 8 heteroatoms. The van der Waals surface area contributed by atoms with Gasteiger partial charge >= 0.3 is 0 Å². The molecule has 0 aliphatic carbocycles. The van der Waals surface area contributed by atoms with E-state index in [-0.39, 0.29) is 11.9 Å². The number of aromatic nitrogens is 2. The van der Waals surface area contributed by atoms with Gasteiger partial charge in [0.1, 0.15) is 5.76 Å². The van der Waals surface area contributed by atoms with Crippen LogP contribution in [0, 0.1) is 13.8 Å². The minimum atomic E-state index is -0.0302. The van der Waals surface area contributed by atoms with Gasteiger partial charge in [0.2, 0.25) is 11.0 Å². The lowest BCUT2D eigenvalue weighted by molar-refractivity contribution is -0.119. The molecule has 1 amide bonds. The highest BCUT2D eigenvalue weighted by molar-refractivity contribution is 8.01. The molecule has 3 rings (SSSR count). The molecule has 142 valence electrons. The lowest BCUT2D eigenvalue weighted by Crippen LogP contribution is -2.28. The predicted molar refractivity (Wildman–Crippen MR) is 109 cm³/mol. The molecule has 6 nitrogen and oxygen atoms in total. The molecule has 2 aromatic heterocycles. The average molecular weight is 403 g/mol. The van der Waals surface area contributed by atoms with Crippen LogP contribution in [0.4, 0.5) is 5.13 Å². The highest BCUT2D eigenvalue weighted by Crippen LogP contribution is 2.26. The van der Waals surface area contributed by atoms with Crippen molar-refractivity contribution < 1.29 is 9.21 Å². The van der Waals surface area contributed by atoms with Gasteiger partial charge < -0.3 is 15.1 Å². The van der Waals surface area contributed by atoms with Gasteiger partial charge in [-0.3, -0.25) is 4.79 Å². The van der Waals surface area contributed by atoms with Gasteiger partial charge in [-0.1, -0.05) is 41.3 Å². The van der Waals surface area contributed by atoms with Crippen molar-refractivity contribution in [2.75, 3.05) is 11.1 Å². The molecule has 0 radical (unpaired) electrons. The van der Waals surface area contributed by atoms with E-state index in [1.165, 1.54) is 34.2 Å². The summed E-state index contributed by atoms with van der Waals surface area (Å²) >= 11 is 2.81. The molecule has 0 fully saturated rings. The van der Waals surface area contributed by atoms with E-state index in [0.717, 1.165) is 15.7 Å². The topological polar surface area (TPSA) is 80.0 Å². The van der Waals surface area contributed by atoms with Crippen LogP contribution >= 0.6 is 23.1 Å². The van der Waals surface area contributed by atoms with Crippen LogP contribution in [0.15, 0.2) is 45.4 Å². The highest BCUT2D eigenvalue weighted by Gasteiger charge is 2.12. The second-order valence-corrected chi connectivity index (χ2v) is 8.43. The van der Waals surface area contributed by atoms with Crippen molar-refractivity contribution in [3.8, 4) is 0 Å². The van der Waals surface area contributed by atoms with E-state index >= 15 is 0 Å². The summed E-state index contributed by atoms with van der Waals surface area (Å²) in [5.41, 5.74) is 3.59. The van der Waals surface area contributed by atoms with E-state index in [0.29, 0.717) is 17.4 Å². The first-order valence-electron chi connectivity index (χ1n) is 8.60. The number of hydrogen-bond acceptors (Lipinski definition) is 7. The summed E-state index contributed by atoms with van der Waals surface area (Å²) in [6, 6.07) is 9.97. The third-order valence-corrected chi connectivity index (χ3v) is 6.15. The van der Waals surface area contributed by atoms with Gasteiger partial charge in [-0.2, -0.15) is 0 Å². The maximum absolute atomic E-state index is 12.2. The summed E-state index contributed by atoms with van der Waals surface area (Å²) in [4.78, 5) is 12.2. The number of nitrogens with zero attached hydrogens (tertiary/aromatic N) is 2. The number of amides is 1. The first-order chi connectivity index (χ1) is 13.0. The van der Waals surface area contributed by atoms with E-state index in [2.05, 4.69) is 52.9 Å². The molecule has 3 aromatic rings. The van der Waals surface area contributed by atoms with Crippen molar-refractivity contribution in [3.05, 3.63) is 59.0 Å². The van der Waals surface area contributed by atoms with Gasteiger partial charge in [0.25, 0.3) is 0 Å². The van der Waals surface area contributed by atoms with Gasteiger partial charge in [-0.05, 0) is 49.6 Å². The van der Waals surface area contributed by atoms with Crippen molar-refractivity contribution in [3.63, 3.8) is 0 Å². The Hall–Kier alpha value is -2.32. The first-order valence-corrected chi connectivity index (χ1v) is 10.4. The average Bonchev–Trinajstić information content (AvgIpc) is 3.32. The molecule has 2 N–H and O–H groups in total. The molecule has 2 heterocycles. The molecule has 0 aliphatic heterocycles. The number of furan rings is 1. The molecule has 1 atom stereocenters. The number of hydrogen-bond donors (Lipinski definition) is 2. The summed E-state index contributed by atoms with van der Waals surface area (Å²) in [6.45, 7) is 6.71. The third-order valence-electron chi connectivity index (χ3n) is 4.14. The number of rotatable bonds is 8. The zero-order chi connectivity index (χ0) is 19.2. The van der Waals surface area contributed by atoms with Crippen LogP contribution in [0.3, 0.4) is 0 Å². The van der Waals surface area contributed by atoms with Gasteiger partial charge in [0.05, 0.1) is 24.6 Å². The fraction of sp³-hybridized carbons (Fsp3) is 0.316. The van der Waals surface area contributed by atoms with E-state index in [1.807, 2.05) is 19.1 Å². The van der Waals surface area contributed by atoms with Crippen LogP contribution in [0.5, 0.6) is 0 Å². The SMILES string of the molecule is Cc1ccc([C@@H](C)NC(=O)CSc2nnc(NCc3ccco3)s2)cc1C. The third kappa shape index (κ3) is 5.58. The first kappa shape index (κ1) is 19.4. The van der Waals surface area contributed by atoms with Crippen LogP contribution in [0.1, 0.15) is 35.4 Å². The number of thioether (sulfide) groups is 1. The molecular formula is C19H22N4O2S2. The number of aryl methyl sites for hydroxylation is 2. The fourth-order valence-electron chi connectivity index (χ4n) is 2.44. The lowest BCUT2D eigenvalue weighted by Gasteiger charge is -2.15. The molecule has 0 saturated carbocycles. The minimum Gasteiger partial charge on any atom is -0.467 e. The summed E-state index contributed by atoms with van der Waals surface area (Å²) in [6.07, 6.45) is 1.63. The summed E-state index contributed by atoms with van der Waals surface area (Å²) in [5, 5.41) is 15.1. The number of carbonyl (C=O) groups excluding carboxylic acids is 1. The molecule has 0 bridgehead atoms. The number of anilines is 1. The van der Waals surface area contributed by atoms with Gasteiger partial charge in [-0.15, -0.1) is 10.2 Å². The summed E-state index contributed by atoms with van der Waals surface area (Å²) in [7, 11) is 0. The standard InChI is InChI=1S/C19H22N4O2S2/c1-12-6-7-15(9-13(12)2)14(3)21-17(24)11-26-19-23-22-18(27-19)20-10-16-5-4-8-25-16/h4-9,14H,10-11H2,1-3H3,(H,20,22)(H,21,24)/t14-/m1/s1. The van der Waals surface area contributed by atoms with Crippen molar-refractivity contribution >= 4 is 34.1 Å². The Labute approximate surface area is 166 Å². The smallest absolute Gasteiger partial charge is 0.230 e. The van der Waals surface area contributed by atoms with E-state index < -0.39 is 0 Å². The van der Waals surface area contributed by atoms with E-state index in [1.54, 1.807) is 6.26 Å². The Balaban J connectivity index is 1.45. The quantitative estimate of drug-likeness (QED) is 0.546. The lowest BCUT2D eigenvalue weighted by atomic mass is 10.0. The monoisotopic (exact) mass is 402 g/mol. The molecule has 1 aromatic carbocycles. The zero-order valence-electron chi connectivity index (χ0n) is 15.5. The normalized spacial score (nSPS) is 12.0. The van der Waals surface area contributed by atoms with Crippen molar-refractivity contribution in [2.45, 2.75) is 37.7 Å². The summed E-state index contributed by atoms with van der Waals surface area (Å²) in [5.74, 6) is 1.12. The summed E-state index contributed by atoms with van der Waals surface area (Å²) < 4.78 is 6.02. The Morgan fingerprint density at radius 3 is 2.85 bits per heavy atom. The van der Waals surface area contributed by atoms with Gasteiger partial charge in [0, 0.05) is 0 Å². The molecule has 0 aliphatic rings. The van der Waals surface area contributed by atoms with E-state index in [4.69, 9.17) is 4.42 Å². The molecular weight excluding hydrogens is 380 g/mol. The minimum absolute atomic E-state index is 0.0222. The van der Waals surface area contributed by atoms with Gasteiger partial charge in [0.15, 0.2) is 4.34 Å². The molecule has 27 heavy (non-hydrogen) atoms. The number of nitrogens with one attached hydrogen (secondary N) is 2. The Kier molecular flexibility index (Phi) is 6.52. The maximum Gasteiger partial charge on any atom is 0.230 e. The Morgan fingerprint density at radius 2 is 2.11 bits per heavy atom. The molecule has 0 unspecified atom stereocenters. The fourth-order valence-corrected chi connectivity index (χ4v) is 4.00. The van der Waals surface area contributed by atoms with Gasteiger partial charge in [-0.25, -0.2) is 0 Å². The predicted octanol–water partition coefficient (Wildman–Crippen LogP) is 4.33. The highest BCUT2D eigenvalue weighted by atomic mass is 32.2. The second kappa shape index (κ2) is 9.05.